The average molecular weight is 473 g/mol. The fourth-order valence-corrected chi connectivity index (χ4v) is 6.63. The number of ether oxygens (including phenoxy) is 2. The van der Waals surface area contributed by atoms with Crippen LogP contribution in [0.2, 0.25) is 0 Å². The van der Waals surface area contributed by atoms with Crippen molar-refractivity contribution in [2.45, 2.75) is 36.3 Å². The molecule has 0 saturated carbocycles. The van der Waals surface area contributed by atoms with E-state index in [1.165, 1.54) is 0 Å². The van der Waals surface area contributed by atoms with Crippen molar-refractivity contribution in [1.82, 2.24) is 4.98 Å². The Balaban J connectivity index is 1.42. The molecule has 170 valence electrons. The molecular weight excluding hydrogens is 444 g/mol. The van der Waals surface area contributed by atoms with E-state index in [4.69, 9.17) is 14.5 Å². The Labute approximate surface area is 193 Å². The van der Waals surface area contributed by atoms with Gasteiger partial charge < -0.3 is 14.4 Å². The SMILES string of the molecule is COc1ccc(OC)c(Cc2csc(N3CCC(S(=O)(=O)c4ccc(C)cc4)CC3)n2)c1. The van der Waals surface area contributed by atoms with E-state index in [2.05, 4.69) is 10.3 Å². The number of piperidine rings is 1. The van der Waals surface area contributed by atoms with Crippen molar-refractivity contribution in [3.05, 3.63) is 64.7 Å². The fraction of sp³-hybridized carbons (Fsp3) is 0.375. The van der Waals surface area contributed by atoms with Crippen LogP contribution in [0.3, 0.4) is 0 Å². The first-order chi connectivity index (χ1) is 15.4. The molecule has 0 atom stereocenters. The maximum atomic E-state index is 13.0. The lowest BCUT2D eigenvalue weighted by Crippen LogP contribution is -2.39. The van der Waals surface area contributed by atoms with Crippen molar-refractivity contribution in [3.63, 3.8) is 0 Å². The molecule has 4 rings (SSSR count). The summed E-state index contributed by atoms with van der Waals surface area (Å²) in [6.07, 6.45) is 1.86. The standard InChI is InChI=1S/C24H28N2O4S2/c1-17-4-7-21(8-5-17)32(27,28)22-10-12-26(13-11-22)24-25-19(16-31-24)14-18-15-20(29-2)6-9-23(18)30-3/h4-9,15-16,22H,10-14H2,1-3H3. The molecule has 1 fully saturated rings. The molecule has 0 amide bonds. The van der Waals surface area contributed by atoms with Crippen molar-refractivity contribution in [3.8, 4) is 11.5 Å². The molecule has 2 aromatic carbocycles. The van der Waals surface area contributed by atoms with Crippen molar-refractivity contribution in [2.24, 2.45) is 0 Å². The topological polar surface area (TPSA) is 68.7 Å². The zero-order valence-electron chi connectivity index (χ0n) is 18.6. The lowest BCUT2D eigenvalue weighted by Gasteiger charge is -2.31. The number of hydrogen-bond acceptors (Lipinski definition) is 7. The Morgan fingerprint density at radius 1 is 1.06 bits per heavy atom. The normalized spacial score (nSPS) is 15.0. The van der Waals surface area contributed by atoms with Crippen LogP contribution in [0.4, 0.5) is 5.13 Å². The molecule has 2 heterocycles. The van der Waals surface area contributed by atoms with E-state index in [9.17, 15) is 8.42 Å². The number of thiazole rings is 1. The molecule has 1 aliphatic heterocycles. The van der Waals surface area contributed by atoms with Gasteiger partial charge in [0.15, 0.2) is 15.0 Å². The van der Waals surface area contributed by atoms with E-state index < -0.39 is 9.84 Å². The number of hydrogen-bond donors (Lipinski definition) is 0. The summed E-state index contributed by atoms with van der Waals surface area (Å²) >= 11 is 1.60. The molecule has 0 bridgehead atoms. The van der Waals surface area contributed by atoms with Crippen molar-refractivity contribution < 1.29 is 17.9 Å². The molecule has 0 aliphatic carbocycles. The average Bonchev–Trinajstić information content (AvgIpc) is 3.28. The first-order valence-electron chi connectivity index (χ1n) is 10.6. The third-order valence-corrected chi connectivity index (χ3v) is 9.13. The predicted molar refractivity (Wildman–Crippen MR) is 128 cm³/mol. The molecule has 32 heavy (non-hydrogen) atoms. The quantitative estimate of drug-likeness (QED) is 0.504. The summed E-state index contributed by atoms with van der Waals surface area (Å²) in [7, 11) is 0.00366. The first kappa shape index (κ1) is 22.6. The van der Waals surface area contributed by atoms with E-state index in [1.54, 1.807) is 37.7 Å². The highest BCUT2D eigenvalue weighted by Gasteiger charge is 2.32. The number of benzene rings is 2. The van der Waals surface area contributed by atoms with Crippen LogP contribution in [0.15, 0.2) is 52.7 Å². The molecule has 1 aromatic heterocycles. The van der Waals surface area contributed by atoms with E-state index in [0.29, 0.717) is 37.2 Å². The van der Waals surface area contributed by atoms with Crippen LogP contribution >= 0.6 is 11.3 Å². The third-order valence-electron chi connectivity index (χ3n) is 5.90. The van der Waals surface area contributed by atoms with Crippen LogP contribution in [0.5, 0.6) is 11.5 Å². The molecule has 1 saturated heterocycles. The van der Waals surface area contributed by atoms with Gasteiger partial charge in [0, 0.05) is 30.5 Å². The third kappa shape index (κ3) is 4.76. The van der Waals surface area contributed by atoms with Crippen molar-refractivity contribution in [2.75, 3.05) is 32.2 Å². The largest absolute Gasteiger partial charge is 0.497 e. The van der Waals surface area contributed by atoms with E-state index >= 15 is 0 Å². The van der Waals surface area contributed by atoms with Gasteiger partial charge in [-0.2, -0.15) is 0 Å². The van der Waals surface area contributed by atoms with Crippen LogP contribution in [-0.4, -0.2) is 46.0 Å². The minimum atomic E-state index is -3.30. The minimum absolute atomic E-state index is 0.345. The van der Waals surface area contributed by atoms with Gasteiger partial charge in [-0.15, -0.1) is 11.3 Å². The van der Waals surface area contributed by atoms with Crippen LogP contribution in [0, 0.1) is 6.92 Å². The number of methoxy groups -OCH3 is 2. The Hall–Kier alpha value is -2.58. The molecule has 1 aliphatic rings. The number of aryl methyl sites for hydroxylation is 1. The van der Waals surface area contributed by atoms with Gasteiger partial charge in [0.05, 0.1) is 30.1 Å². The molecule has 3 aromatic rings. The molecule has 6 nitrogen and oxygen atoms in total. The van der Waals surface area contributed by atoms with E-state index in [0.717, 1.165) is 33.5 Å². The number of aromatic nitrogens is 1. The molecular formula is C24H28N2O4S2. The van der Waals surface area contributed by atoms with Gasteiger partial charge in [0.1, 0.15) is 11.5 Å². The van der Waals surface area contributed by atoms with Crippen LogP contribution < -0.4 is 14.4 Å². The van der Waals surface area contributed by atoms with Gasteiger partial charge >= 0.3 is 0 Å². The molecule has 0 spiro atoms. The van der Waals surface area contributed by atoms with Crippen LogP contribution in [0.25, 0.3) is 0 Å². The second-order valence-corrected chi connectivity index (χ2v) is 11.1. The summed E-state index contributed by atoms with van der Waals surface area (Å²) < 4.78 is 36.8. The number of nitrogens with zero attached hydrogens (tertiary/aromatic N) is 2. The Kier molecular flexibility index (Phi) is 6.71. The summed E-state index contributed by atoms with van der Waals surface area (Å²) in [5.41, 5.74) is 3.04. The summed E-state index contributed by atoms with van der Waals surface area (Å²) in [5.74, 6) is 1.59. The zero-order valence-corrected chi connectivity index (χ0v) is 20.2. The number of anilines is 1. The second kappa shape index (κ2) is 9.50. The Morgan fingerprint density at radius 3 is 2.44 bits per heavy atom. The smallest absolute Gasteiger partial charge is 0.185 e. The molecule has 8 heteroatoms. The van der Waals surface area contributed by atoms with Gasteiger partial charge in [0.25, 0.3) is 0 Å². The summed E-state index contributed by atoms with van der Waals surface area (Å²) in [4.78, 5) is 7.43. The van der Waals surface area contributed by atoms with Gasteiger partial charge in [-0.25, -0.2) is 13.4 Å². The first-order valence-corrected chi connectivity index (χ1v) is 13.0. The maximum Gasteiger partial charge on any atom is 0.185 e. The Morgan fingerprint density at radius 2 is 1.78 bits per heavy atom. The molecule has 0 N–H and O–H groups in total. The van der Waals surface area contributed by atoms with Gasteiger partial charge in [-0.1, -0.05) is 17.7 Å². The zero-order chi connectivity index (χ0) is 22.7. The molecule has 0 radical (unpaired) electrons. The number of sulfone groups is 1. The van der Waals surface area contributed by atoms with Gasteiger partial charge in [-0.05, 0) is 50.1 Å². The van der Waals surface area contributed by atoms with Crippen LogP contribution in [0.1, 0.15) is 29.7 Å². The minimum Gasteiger partial charge on any atom is -0.497 e. The summed E-state index contributed by atoms with van der Waals surface area (Å²) in [6, 6.07) is 12.9. The van der Waals surface area contributed by atoms with Gasteiger partial charge in [0.2, 0.25) is 0 Å². The van der Waals surface area contributed by atoms with Gasteiger partial charge in [-0.3, -0.25) is 0 Å². The van der Waals surface area contributed by atoms with Crippen molar-refractivity contribution >= 4 is 26.3 Å². The molecule has 0 unspecified atom stereocenters. The highest BCUT2D eigenvalue weighted by atomic mass is 32.2. The maximum absolute atomic E-state index is 13.0. The lowest BCUT2D eigenvalue weighted by molar-refractivity contribution is 0.399. The Bertz CT molecular complexity index is 1160. The fourth-order valence-electron chi connectivity index (χ4n) is 4.02. The highest BCUT2D eigenvalue weighted by molar-refractivity contribution is 7.92. The van der Waals surface area contributed by atoms with Crippen molar-refractivity contribution in [1.29, 1.82) is 0 Å². The predicted octanol–water partition coefficient (Wildman–Crippen LogP) is 4.50. The summed E-state index contributed by atoms with van der Waals surface area (Å²) in [5, 5.41) is 2.65. The van der Waals surface area contributed by atoms with Crippen LogP contribution in [-0.2, 0) is 16.3 Å². The lowest BCUT2D eigenvalue weighted by atomic mass is 10.1. The second-order valence-electron chi connectivity index (χ2n) is 8.02. The number of rotatable bonds is 7. The summed E-state index contributed by atoms with van der Waals surface area (Å²) in [6.45, 7) is 3.33. The monoisotopic (exact) mass is 472 g/mol. The highest BCUT2D eigenvalue weighted by Crippen LogP contribution is 2.31. The van der Waals surface area contributed by atoms with E-state index in [-0.39, 0.29) is 5.25 Å². The van der Waals surface area contributed by atoms with E-state index in [1.807, 2.05) is 37.3 Å².